The van der Waals surface area contributed by atoms with E-state index in [0.29, 0.717) is 5.02 Å². The summed E-state index contributed by atoms with van der Waals surface area (Å²) in [5.41, 5.74) is 4.86. The Morgan fingerprint density at radius 1 is 1.16 bits per heavy atom. The second-order valence-corrected chi connectivity index (χ2v) is 9.54. The molecule has 0 aliphatic carbocycles. The lowest BCUT2D eigenvalue weighted by atomic mass is 10.1. The molecule has 1 amide bonds. The lowest BCUT2D eigenvalue weighted by molar-refractivity contribution is -0.113. The lowest BCUT2D eigenvalue weighted by Gasteiger charge is -2.18. The van der Waals surface area contributed by atoms with Crippen molar-refractivity contribution in [3.63, 3.8) is 0 Å². The van der Waals surface area contributed by atoms with E-state index < -0.39 is 0 Å². The molecule has 0 fully saturated rings. The molecule has 0 radical (unpaired) electrons. The zero-order valence-electron chi connectivity index (χ0n) is 17.1. The molecule has 158 valence electrons. The Morgan fingerprint density at radius 3 is 2.68 bits per heavy atom. The summed E-state index contributed by atoms with van der Waals surface area (Å²) in [7, 11) is 0. The highest BCUT2D eigenvalue weighted by atomic mass is 79.9. The number of nitrogens with zero attached hydrogens (tertiary/aromatic N) is 2. The number of amides is 1. The number of fused-ring (bicyclic) bond motifs is 1. The summed E-state index contributed by atoms with van der Waals surface area (Å²) in [6.45, 7) is 4.14. The van der Waals surface area contributed by atoms with Gasteiger partial charge in [0.25, 0.3) is 0 Å². The fraction of sp³-hybridized carbons (Fsp3) is 0.167. The average Bonchev–Trinajstić information content (AvgIpc) is 3.12. The molecule has 0 bridgehead atoms. The van der Waals surface area contributed by atoms with Crippen LogP contribution in [0.1, 0.15) is 24.1 Å². The van der Waals surface area contributed by atoms with Crippen LogP contribution in [0.25, 0.3) is 11.0 Å². The van der Waals surface area contributed by atoms with Crippen LogP contribution in [-0.2, 0) is 4.79 Å². The first-order chi connectivity index (χ1) is 14.9. The Balaban J connectivity index is 1.60. The molecule has 0 spiro atoms. The number of rotatable bonds is 6. The minimum atomic E-state index is -0.0847. The van der Waals surface area contributed by atoms with E-state index in [4.69, 9.17) is 16.6 Å². The first-order valence-electron chi connectivity index (χ1n) is 9.83. The second-order valence-electron chi connectivity index (χ2n) is 7.30. The molecule has 1 aromatic heterocycles. The molecule has 3 aromatic carbocycles. The van der Waals surface area contributed by atoms with E-state index in [9.17, 15) is 4.79 Å². The summed E-state index contributed by atoms with van der Waals surface area (Å²) >= 11 is 11.2. The minimum absolute atomic E-state index is 0.0430. The molecule has 1 atom stereocenters. The fourth-order valence-electron chi connectivity index (χ4n) is 3.44. The summed E-state index contributed by atoms with van der Waals surface area (Å²) in [5.74, 6) is 0.164. The number of hydrogen-bond donors (Lipinski definition) is 1. The number of halogens is 2. The van der Waals surface area contributed by atoms with Crippen molar-refractivity contribution in [2.75, 3.05) is 11.1 Å². The summed E-state index contributed by atoms with van der Waals surface area (Å²) < 4.78 is 3.02. The van der Waals surface area contributed by atoms with Crippen molar-refractivity contribution in [1.29, 1.82) is 0 Å². The van der Waals surface area contributed by atoms with E-state index in [0.717, 1.165) is 37.5 Å². The maximum absolute atomic E-state index is 12.6. The van der Waals surface area contributed by atoms with Gasteiger partial charge in [-0.2, -0.15) is 0 Å². The maximum atomic E-state index is 12.6. The quantitative estimate of drug-likeness (QED) is 0.279. The maximum Gasteiger partial charge on any atom is 0.234 e. The Morgan fingerprint density at radius 2 is 1.94 bits per heavy atom. The van der Waals surface area contributed by atoms with Crippen LogP contribution in [0.15, 0.2) is 76.4 Å². The molecule has 0 saturated carbocycles. The highest BCUT2D eigenvalue weighted by molar-refractivity contribution is 9.10. The van der Waals surface area contributed by atoms with Crippen molar-refractivity contribution in [2.24, 2.45) is 0 Å². The normalized spacial score (nSPS) is 12.1. The third-order valence-electron chi connectivity index (χ3n) is 5.02. The number of carbonyl (C=O) groups excluding carboxylic acids is 1. The highest BCUT2D eigenvalue weighted by Crippen LogP contribution is 2.32. The Kier molecular flexibility index (Phi) is 6.70. The molecule has 31 heavy (non-hydrogen) atoms. The van der Waals surface area contributed by atoms with Crippen LogP contribution < -0.4 is 5.32 Å². The van der Waals surface area contributed by atoms with Gasteiger partial charge < -0.3 is 9.88 Å². The number of imidazole rings is 1. The zero-order valence-corrected chi connectivity index (χ0v) is 20.3. The number of aryl methyl sites for hydroxylation is 1. The first kappa shape index (κ1) is 21.9. The van der Waals surface area contributed by atoms with Crippen molar-refractivity contribution in [3.8, 4) is 0 Å². The van der Waals surface area contributed by atoms with E-state index in [1.54, 1.807) is 0 Å². The van der Waals surface area contributed by atoms with E-state index in [-0.39, 0.29) is 17.7 Å². The summed E-state index contributed by atoms with van der Waals surface area (Å²) in [6, 6.07) is 21.8. The lowest BCUT2D eigenvalue weighted by Crippen LogP contribution is -2.15. The molecule has 1 N–H and O–H groups in total. The van der Waals surface area contributed by atoms with Crippen LogP contribution in [0.4, 0.5) is 5.69 Å². The molecule has 1 unspecified atom stereocenters. The SMILES string of the molecule is Cc1ccc(NC(=O)CSc2nc3ccc(Cl)cc3n2C(C)c2ccccc2)c(Br)c1. The van der Waals surface area contributed by atoms with Gasteiger partial charge in [0.2, 0.25) is 5.91 Å². The van der Waals surface area contributed by atoms with Gasteiger partial charge in [0.15, 0.2) is 5.16 Å². The number of nitrogens with one attached hydrogen (secondary N) is 1. The van der Waals surface area contributed by atoms with Gasteiger partial charge in [-0.15, -0.1) is 0 Å². The Hall–Kier alpha value is -2.28. The van der Waals surface area contributed by atoms with Gasteiger partial charge in [-0.3, -0.25) is 4.79 Å². The molecule has 4 nitrogen and oxygen atoms in total. The molecule has 4 rings (SSSR count). The van der Waals surface area contributed by atoms with Crippen molar-refractivity contribution in [2.45, 2.75) is 25.0 Å². The van der Waals surface area contributed by atoms with Crippen LogP contribution in [0.3, 0.4) is 0 Å². The third-order valence-corrected chi connectivity index (χ3v) is 6.86. The van der Waals surface area contributed by atoms with Gasteiger partial charge in [-0.25, -0.2) is 4.98 Å². The predicted octanol–water partition coefficient (Wildman–Crippen LogP) is 7.10. The van der Waals surface area contributed by atoms with Crippen molar-refractivity contribution >= 4 is 61.9 Å². The van der Waals surface area contributed by atoms with Crippen LogP contribution in [-0.4, -0.2) is 21.2 Å². The van der Waals surface area contributed by atoms with Gasteiger partial charge in [0.05, 0.1) is 28.5 Å². The molecular formula is C24H21BrClN3OS. The molecule has 4 aromatic rings. The molecule has 1 heterocycles. The molecular weight excluding hydrogens is 494 g/mol. The Labute approximate surface area is 199 Å². The van der Waals surface area contributed by atoms with E-state index >= 15 is 0 Å². The van der Waals surface area contributed by atoms with Crippen molar-refractivity contribution in [3.05, 3.63) is 87.4 Å². The van der Waals surface area contributed by atoms with Gasteiger partial charge in [0, 0.05) is 9.50 Å². The van der Waals surface area contributed by atoms with E-state index in [1.807, 2.05) is 61.5 Å². The van der Waals surface area contributed by atoms with Crippen molar-refractivity contribution < 1.29 is 4.79 Å². The predicted molar refractivity (Wildman–Crippen MR) is 133 cm³/mol. The molecule has 0 aliphatic rings. The number of anilines is 1. The van der Waals surface area contributed by atoms with E-state index in [1.165, 1.54) is 11.8 Å². The Bertz CT molecular complexity index is 1240. The molecule has 0 saturated heterocycles. The van der Waals surface area contributed by atoms with Crippen LogP contribution >= 0.6 is 39.3 Å². The largest absolute Gasteiger partial charge is 0.324 e. The summed E-state index contributed by atoms with van der Waals surface area (Å²) in [4.78, 5) is 17.4. The van der Waals surface area contributed by atoms with Crippen molar-refractivity contribution in [1.82, 2.24) is 9.55 Å². The first-order valence-corrected chi connectivity index (χ1v) is 12.0. The van der Waals surface area contributed by atoms with Crippen LogP contribution in [0.5, 0.6) is 0 Å². The zero-order chi connectivity index (χ0) is 22.0. The average molecular weight is 515 g/mol. The molecule has 7 heteroatoms. The molecule has 0 aliphatic heterocycles. The standard InChI is InChI=1S/C24H21BrClN3OS/c1-15-8-10-20(19(25)12-15)27-23(30)14-31-24-28-21-11-9-18(26)13-22(21)29(24)16(2)17-6-4-3-5-7-17/h3-13,16H,14H2,1-2H3,(H,27,30). The summed E-state index contributed by atoms with van der Waals surface area (Å²) in [5, 5.41) is 4.41. The van der Waals surface area contributed by atoms with Gasteiger partial charge >= 0.3 is 0 Å². The highest BCUT2D eigenvalue weighted by Gasteiger charge is 2.19. The number of carbonyl (C=O) groups is 1. The van der Waals surface area contributed by atoms with Gasteiger partial charge in [-0.05, 0) is 71.2 Å². The monoisotopic (exact) mass is 513 g/mol. The number of aromatic nitrogens is 2. The topological polar surface area (TPSA) is 46.9 Å². The third kappa shape index (κ3) is 4.97. The van der Waals surface area contributed by atoms with Crippen LogP contribution in [0.2, 0.25) is 5.02 Å². The second kappa shape index (κ2) is 9.47. The smallest absolute Gasteiger partial charge is 0.234 e. The van der Waals surface area contributed by atoms with Gasteiger partial charge in [0.1, 0.15) is 0 Å². The van der Waals surface area contributed by atoms with E-state index in [2.05, 4.69) is 44.9 Å². The number of thioether (sulfide) groups is 1. The van der Waals surface area contributed by atoms with Gasteiger partial charge in [-0.1, -0.05) is 59.8 Å². The van der Waals surface area contributed by atoms with Crippen LogP contribution in [0, 0.1) is 6.92 Å². The summed E-state index contributed by atoms with van der Waals surface area (Å²) in [6.07, 6.45) is 0. The minimum Gasteiger partial charge on any atom is -0.324 e. The number of benzene rings is 3. The fourth-order valence-corrected chi connectivity index (χ4v) is 5.09. The number of hydrogen-bond acceptors (Lipinski definition) is 3.